The molecule has 1 aliphatic carbocycles. The average molecular weight is 356 g/mol. The van der Waals surface area contributed by atoms with Crippen LogP contribution in [0.3, 0.4) is 0 Å². The number of fused-ring (bicyclic) bond motifs is 1. The van der Waals surface area contributed by atoms with E-state index in [1.54, 1.807) is 0 Å². The molecule has 6 nitrogen and oxygen atoms in total. The molecule has 1 aromatic carbocycles. The highest BCUT2D eigenvalue weighted by atomic mass is 16.2. The van der Waals surface area contributed by atoms with Gasteiger partial charge in [-0.1, -0.05) is 30.3 Å². The van der Waals surface area contributed by atoms with E-state index in [2.05, 4.69) is 33.0 Å². The standard InChI is InChI=1S/C20H28N4O2/c25-19(23-15-6-7-15)9-8-17-12-22-20(26)18-10-16(13-24(17)18)21-11-14-4-2-1-3-5-14/h1-5,15-18,21H,6-13H2,(H,22,26)(H,23,25). The first kappa shape index (κ1) is 17.5. The number of amides is 2. The smallest absolute Gasteiger partial charge is 0.237 e. The van der Waals surface area contributed by atoms with Crippen LogP contribution in [-0.2, 0) is 16.1 Å². The number of piperazine rings is 1. The van der Waals surface area contributed by atoms with Gasteiger partial charge in [0.15, 0.2) is 0 Å². The topological polar surface area (TPSA) is 73.5 Å². The second-order valence-corrected chi connectivity index (χ2v) is 7.79. The predicted octanol–water partition coefficient (Wildman–Crippen LogP) is 0.776. The zero-order valence-corrected chi connectivity index (χ0v) is 15.1. The number of carbonyl (C=O) groups is 2. The molecular formula is C20H28N4O2. The number of rotatable bonds is 7. The van der Waals surface area contributed by atoms with E-state index in [1.165, 1.54) is 5.56 Å². The van der Waals surface area contributed by atoms with E-state index in [0.717, 1.165) is 38.8 Å². The monoisotopic (exact) mass is 356 g/mol. The molecule has 2 saturated heterocycles. The first-order valence-electron chi connectivity index (χ1n) is 9.79. The molecule has 2 aliphatic heterocycles. The fourth-order valence-corrected chi connectivity index (χ4v) is 4.07. The van der Waals surface area contributed by atoms with Gasteiger partial charge in [0.05, 0.1) is 6.04 Å². The summed E-state index contributed by atoms with van der Waals surface area (Å²) in [6.07, 6.45) is 4.43. The van der Waals surface area contributed by atoms with Crippen molar-refractivity contribution in [3.8, 4) is 0 Å². The van der Waals surface area contributed by atoms with E-state index in [4.69, 9.17) is 0 Å². The van der Waals surface area contributed by atoms with Crippen LogP contribution in [0.4, 0.5) is 0 Å². The molecule has 0 bridgehead atoms. The normalized spacial score (nSPS) is 28.5. The molecule has 2 amide bonds. The second-order valence-electron chi connectivity index (χ2n) is 7.79. The quantitative estimate of drug-likeness (QED) is 0.675. The van der Waals surface area contributed by atoms with Gasteiger partial charge >= 0.3 is 0 Å². The van der Waals surface area contributed by atoms with E-state index < -0.39 is 0 Å². The van der Waals surface area contributed by atoms with E-state index in [1.807, 2.05) is 18.2 Å². The van der Waals surface area contributed by atoms with Crippen molar-refractivity contribution in [3.05, 3.63) is 35.9 Å². The van der Waals surface area contributed by atoms with E-state index in [0.29, 0.717) is 25.0 Å². The fraction of sp³-hybridized carbons (Fsp3) is 0.600. The molecule has 3 atom stereocenters. The maximum Gasteiger partial charge on any atom is 0.237 e. The van der Waals surface area contributed by atoms with Crippen molar-refractivity contribution < 1.29 is 9.59 Å². The molecule has 2 heterocycles. The lowest BCUT2D eigenvalue weighted by molar-refractivity contribution is -0.129. The summed E-state index contributed by atoms with van der Waals surface area (Å²) in [5, 5.41) is 9.68. The Bertz CT molecular complexity index is 646. The van der Waals surface area contributed by atoms with Crippen LogP contribution in [0, 0.1) is 0 Å². The molecule has 0 aromatic heterocycles. The number of hydrogen-bond donors (Lipinski definition) is 3. The highest BCUT2D eigenvalue weighted by Gasteiger charge is 2.43. The predicted molar refractivity (Wildman–Crippen MR) is 99.4 cm³/mol. The van der Waals surface area contributed by atoms with Crippen LogP contribution in [0.1, 0.15) is 37.7 Å². The number of nitrogens with one attached hydrogen (secondary N) is 3. The zero-order chi connectivity index (χ0) is 17.9. The molecule has 3 unspecified atom stereocenters. The highest BCUT2D eigenvalue weighted by molar-refractivity contribution is 5.83. The Morgan fingerprint density at radius 1 is 1.19 bits per heavy atom. The minimum Gasteiger partial charge on any atom is -0.353 e. The number of hydrogen-bond acceptors (Lipinski definition) is 4. The van der Waals surface area contributed by atoms with Crippen molar-refractivity contribution >= 4 is 11.8 Å². The SMILES string of the molecule is O=C(CCC1CNC(=O)C2CC(NCc3ccccc3)CN12)NC1CC1. The molecule has 3 N–H and O–H groups in total. The summed E-state index contributed by atoms with van der Waals surface area (Å²) in [4.78, 5) is 26.6. The van der Waals surface area contributed by atoms with Crippen molar-refractivity contribution in [1.82, 2.24) is 20.9 Å². The molecule has 6 heteroatoms. The third kappa shape index (κ3) is 4.24. The molecule has 0 spiro atoms. The van der Waals surface area contributed by atoms with Crippen LogP contribution in [0.15, 0.2) is 30.3 Å². The minimum atomic E-state index is -0.0616. The summed E-state index contributed by atoms with van der Waals surface area (Å²) in [5.74, 6) is 0.284. The molecule has 1 saturated carbocycles. The van der Waals surface area contributed by atoms with Crippen molar-refractivity contribution in [2.75, 3.05) is 13.1 Å². The van der Waals surface area contributed by atoms with Gasteiger partial charge in [0.2, 0.25) is 11.8 Å². The van der Waals surface area contributed by atoms with Gasteiger partial charge in [-0.2, -0.15) is 0 Å². The van der Waals surface area contributed by atoms with Crippen molar-refractivity contribution in [2.45, 2.75) is 62.8 Å². The van der Waals surface area contributed by atoms with Crippen molar-refractivity contribution in [3.63, 3.8) is 0 Å². The maximum atomic E-state index is 12.3. The molecular weight excluding hydrogens is 328 g/mol. The highest BCUT2D eigenvalue weighted by Crippen LogP contribution is 2.26. The zero-order valence-electron chi connectivity index (χ0n) is 15.1. The fourth-order valence-electron chi connectivity index (χ4n) is 4.07. The maximum absolute atomic E-state index is 12.3. The van der Waals surface area contributed by atoms with Gasteiger partial charge in [-0.15, -0.1) is 0 Å². The summed E-state index contributed by atoms with van der Waals surface area (Å²) in [6, 6.07) is 11.3. The average Bonchev–Trinajstić information content (AvgIpc) is 3.35. The van der Waals surface area contributed by atoms with Gasteiger partial charge in [-0.3, -0.25) is 14.5 Å². The second kappa shape index (κ2) is 7.76. The van der Waals surface area contributed by atoms with Gasteiger partial charge in [0.25, 0.3) is 0 Å². The Kier molecular flexibility index (Phi) is 5.22. The summed E-state index contributed by atoms with van der Waals surface area (Å²) in [7, 11) is 0. The number of benzene rings is 1. The Morgan fingerprint density at radius 3 is 2.77 bits per heavy atom. The van der Waals surface area contributed by atoms with E-state index >= 15 is 0 Å². The van der Waals surface area contributed by atoms with Crippen LogP contribution < -0.4 is 16.0 Å². The van der Waals surface area contributed by atoms with Crippen LogP contribution in [-0.4, -0.2) is 54.0 Å². The lowest BCUT2D eigenvalue weighted by atomic mass is 10.0. The van der Waals surface area contributed by atoms with E-state index in [9.17, 15) is 9.59 Å². The van der Waals surface area contributed by atoms with Gasteiger partial charge in [0.1, 0.15) is 0 Å². The third-order valence-electron chi connectivity index (χ3n) is 5.71. The summed E-state index contributed by atoms with van der Waals surface area (Å²) in [5.41, 5.74) is 1.26. The summed E-state index contributed by atoms with van der Waals surface area (Å²) >= 11 is 0. The summed E-state index contributed by atoms with van der Waals surface area (Å²) < 4.78 is 0. The van der Waals surface area contributed by atoms with Crippen LogP contribution in [0.5, 0.6) is 0 Å². The van der Waals surface area contributed by atoms with Crippen LogP contribution in [0.2, 0.25) is 0 Å². The first-order chi connectivity index (χ1) is 12.7. The Morgan fingerprint density at radius 2 is 2.00 bits per heavy atom. The Balaban J connectivity index is 1.29. The van der Waals surface area contributed by atoms with E-state index in [-0.39, 0.29) is 23.9 Å². The van der Waals surface area contributed by atoms with Gasteiger partial charge in [0, 0.05) is 44.2 Å². The molecule has 3 fully saturated rings. The molecule has 0 radical (unpaired) electrons. The van der Waals surface area contributed by atoms with Gasteiger partial charge in [-0.25, -0.2) is 0 Å². The van der Waals surface area contributed by atoms with Crippen molar-refractivity contribution in [2.24, 2.45) is 0 Å². The molecule has 3 aliphatic rings. The van der Waals surface area contributed by atoms with Gasteiger partial charge < -0.3 is 16.0 Å². The molecule has 1 aromatic rings. The Hall–Kier alpha value is -1.92. The van der Waals surface area contributed by atoms with Crippen molar-refractivity contribution in [1.29, 1.82) is 0 Å². The number of nitrogens with zero attached hydrogens (tertiary/aromatic N) is 1. The number of carbonyl (C=O) groups excluding carboxylic acids is 2. The lowest BCUT2D eigenvalue weighted by Gasteiger charge is -2.37. The van der Waals surface area contributed by atoms with Crippen LogP contribution in [0.25, 0.3) is 0 Å². The first-order valence-corrected chi connectivity index (χ1v) is 9.79. The lowest BCUT2D eigenvalue weighted by Crippen LogP contribution is -2.58. The molecule has 4 rings (SSSR count). The molecule has 26 heavy (non-hydrogen) atoms. The Labute approximate surface area is 154 Å². The van der Waals surface area contributed by atoms with Crippen LogP contribution >= 0.6 is 0 Å². The third-order valence-corrected chi connectivity index (χ3v) is 5.71. The summed E-state index contributed by atoms with van der Waals surface area (Å²) in [6.45, 7) is 2.35. The largest absolute Gasteiger partial charge is 0.353 e. The van der Waals surface area contributed by atoms with Gasteiger partial charge in [-0.05, 0) is 31.2 Å². The minimum absolute atomic E-state index is 0.0616. The molecule has 140 valence electrons.